The third kappa shape index (κ3) is 5.85. The molecule has 2 amide bonds. The monoisotopic (exact) mass is 443 g/mol. The van der Waals surface area contributed by atoms with E-state index < -0.39 is 15.9 Å². The number of sulfonamides is 1. The SMILES string of the molecule is CC(C)c1ccc(N(CC(=O)NCc2cccc(N3CCCC3=O)c2)S(C)(=O)=O)cc1. The van der Waals surface area contributed by atoms with Gasteiger partial charge >= 0.3 is 0 Å². The Balaban J connectivity index is 1.66. The van der Waals surface area contributed by atoms with Gasteiger partial charge in [0.1, 0.15) is 6.54 Å². The molecule has 1 N–H and O–H groups in total. The van der Waals surface area contributed by atoms with Crippen molar-refractivity contribution in [1.82, 2.24) is 5.32 Å². The molecule has 1 fully saturated rings. The molecule has 0 aromatic heterocycles. The summed E-state index contributed by atoms with van der Waals surface area (Å²) in [6.45, 7) is 4.77. The molecule has 31 heavy (non-hydrogen) atoms. The molecule has 1 aliphatic heterocycles. The van der Waals surface area contributed by atoms with Gasteiger partial charge in [-0.2, -0.15) is 0 Å². The summed E-state index contributed by atoms with van der Waals surface area (Å²) in [7, 11) is -3.62. The van der Waals surface area contributed by atoms with Crippen LogP contribution in [-0.2, 0) is 26.2 Å². The molecule has 0 radical (unpaired) electrons. The van der Waals surface area contributed by atoms with E-state index in [0.717, 1.165) is 33.8 Å². The minimum Gasteiger partial charge on any atom is -0.350 e. The Morgan fingerprint density at radius 3 is 2.45 bits per heavy atom. The molecule has 0 saturated carbocycles. The maximum absolute atomic E-state index is 12.5. The first-order chi connectivity index (χ1) is 14.6. The Kier molecular flexibility index (Phi) is 7.00. The van der Waals surface area contributed by atoms with Crippen LogP contribution in [0.2, 0.25) is 0 Å². The molecule has 1 heterocycles. The summed E-state index contributed by atoms with van der Waals surface area (Å²) in [6.07, 6.45) is 2.49. The van der Waals surface area contributed by atoms with Crippen LogP contribution >= 0.6 is 0 Å². The number of hydrogen-bond donors (Lipinski definition) is 1. The molecule has 0 aliphatic carbocycles. The molecule has 0 unspecified atom stereocenters. The standard InChI is InChI=1S/C23H29N3O4S/c1-17(2)19-9-11-20(12-10-19)26(31(3,29)30)16-22(27)24-15-18-6-4-7-21(14-18)25-13-5-8-23(25)28/h4,6-7,9-12,14,17H,5,8,13,15-16H2,1-3H3,(H,24,27). The zero-order valence-electron chi connectivity index (χ0n) is 18.2. The topological polar surface area (TPSA) is 86.8 Å². The number of nitrogens with zero attached hydrogens (tertiary/aromatic N) is 2. The second-order valence-electron chi connectivity index (χ2n) is 8.11. The van der Waals surface area contributed by atoms with E-state index in [1.807, 2.05) is 36.4 Å². The number of carbonyl (C=O) groups is 2. The highest BCUT2D eigenvalue weighted by Gasteiger charge is 2.23. The van der Waals surface area contributed by atoms with Crippen LogP contribution in [0.25, 0.3) is 0 Å². The first kappa shape index (κ1) is 22.8. The Hall–Kier alpha value is -2.87. The third-order valence-electron chi connectivity index (χ3n) is 5.32. The molecule has 1 aliphatic rings. The van der Waals surface area contributed by atoms with Gasteiger partial charge < -0.3 is 10.2 Å². The van der Waals surface area contributed by atoms with E-state index in [2.05, 4.69) is 19.2 Å². The van der Waals surface area contributed by atoms with Crippen LogP contribution in [0.3, 0.4) is 0 Å². The summed E-state index contributed by atoms with van der Waals surface area (Å²) in [5.74, 6) is 0.0325. The number of benzene rings is 2. The van der Waals surface area contributed by atoms with E-state index in [1.165, 1.54) is 0 Å². The van der Waals surface area contributed by atoms with Crippen LogP contribution in [-0.4, -0.2) is 39.6 Å². The Morgan fingerprint density at radius 2 is 1.87 bits per heavy atom. The van der Waals surface area contributed by atoms with Crippen molar-refractivity contribution in [3.63, 3.8) is 0 Å². The largest absolute Gasteiger partial charge is 0.350 e. The van der Waals surface area contributed by atoms with Crippen molar-refractivity contribution in [2.75, 3.05) is 28.6 Å². The van der Waals surface area contributed by atoms with Gasteiger partial charge in [0.25, 0.3) is 0 Å². The van der Waals surface area contributed by atoms with Gasteiger partial charge in [-0.1, -0.05) is 38.1 Å². The highest BCUT2D eigenvalue weighted by molar-refractivity contribution is 7.92. The lowest BCUT2D eigenvalue weighted by molar-refractivity contribution is -0.120. The molecule has 7 nitrogen and oxygen atoms in total. The molecular weight excluding hydrogens is 414 g/mol. The van der Waals surface area contributed by atoms with E-state index in [4.69, 9.17) is 0 Å². The predicted octanol–water partition coefficient (Wildman–Crippen LogP) is 3.02. The molecule has 0 bridgehead atoms. The molecule has 8 heteroatoms. The minimum absolute atomic E-state index is 0.105. The minimum atomic E-state index is -3.62. The van der Waals surface area contributed by atoms with Crippen LogP contribution in [0.1, 0.15) is 43.7 Å². The van der Waals surface area contributed by atoms with Crippen LogP contribution < -0.4 is 14.5 Å². The van der Waals surface area contributed by atoms with Gasteiger partial charge in [-0.25, -0.2) is 8.42 Å². The van der Waals surface area contributed by atoms with Crippen molar-refractivity contribution >= 4 is 33.2 Å². The fraction of sp³-hybridized carbons (Fsp3) is 0.391. The van der Waals surface area contributed by atoms with Gasteiger partial charge in [0, 0.05) is 25.2 Å². The average Bonchev–Trinajstić information content (AvgIpc) is 3.16. The van der Waals surface area contributed by atoms with E-state index in [-0.39, 0.29) is 19.0 Å². The molecule has 166 valence electrons. The molecule has 2 aromatic rings. The Bertz CT molecular complexity index is 1050. The van der Waals surface area contributed by atoms with E-state index in [9.17, 15) is 18.0 Å². The lowest BCUT2D eigenvalue weighted by Gasteiger charge is -2.22. The normalized spacial score (nSPS) is 14.2. The van der Waals surface area contributed by atoms with Crippen LogP contribution in [0, 0.1) is 0 Å². The highest BCUT2D eigenvalue weighted by atomic mass is 32.2. The van der Waals surface area contributed by atoms with E-state index >= 15 is 0 Å². The fourth-order valence-electron chi connectivity index (χ4n) is 3.57. The lowest BCUT2D eigenvalue weighted by Crippen LogP contribution is -2.40. The van der Waals surface area contributed by atoms with Crippen LogP contribution in [0.15, 0.2) is 48.5 Å². The van der Waals surface area contributed by atoms with Gasteiger partial charge in [-0.05, 0) is 47.7 Å². The number of nitrogens with one attached hydrogen (secondary N) is 1. The summed E-state index contributed by atoms with van der Waals surface area (Å²) in [6, 6.07) is 14.7. The fourth-order valence-corrected chi connectivity index (χ4v) is 4.42. The van der Waals surface area contributed by atoms with E-state index in [0.29, 0.717) is 24.6 Å². The quantitative estimate of drug-likeness (QED) is 0.679. The van der Waals surface area contributed by atoms with Gasteiger partial charge in [0.2, 0.25) is 21.8 Å². The van der Waals surface area contributed by atoms with Crippen LogP contribution in [0.4, 0.5) is 11.4 Å². The van der Waals surface area contributed by atoms with Crippen molar-refractivity contribution in [3.05, 3.63) is 59.7 Å². The zero-order chi connectivity index (χ0) is 22.6. The van der Waals surface area contributed by atoms with Crippen molar-refractivity contribution in [2.24, 2.45) is 0 Å². The molecular formula is C23H29N3O4S. The van der Waals surface area contributed by atoms with Crippen molar-refractivity contribution in [1.29, 1.82) is 0 Å². The summed E-state index contributed by atoms with van der Waals surface area (Å²) >= 11 is 0. The van der Waals surface area contributed by atoms with Gasteiger partial charge in [-0.15, -0.1) is 0 Å². The Labute approximate surface area is 184 Å². The number of anilines is 2. The number of carbonyl (C=O) groups excluding carboxylic acids is 2. The zero-order valence-corrected chi connectivity index (χ0v) is 19.0. The first-order valence-electron chi connectivity index (χ1n) is 10.4. The predicted molar refractivity (Wildman–Crippen MR) is 123 cm³/mol. The lowest BCUT2D eigenvalue weighted by atomic mass is 10.0. The second kappa shape index (κ2) is 9.51. The van der Waals surface area contributed by atoms with Gasteiger partial charge in [0.05, 0.1) is 11.9 Å². The van der Waals surface area contributed by atoms with Crippen LogP contribution in [0.5, 0.6) is 0 Å². The maximum atomic E-state index is 12.5. The maximum Gasteiger partial charge on any atom is 0.241 e. The third-order valence-corrected chi connectivity index (χ3v) is 6.46. The van der Waals surface area contributed by atoms with E-state index in [1.54, 1.807) is 17.0 Å². The number of rotatable bonds is 8. The van der Waals surface area contributed by atoms with Crippen molar-refractivity contribution < 1.29 is 18.0 Å². The molecule has 0 spiro atoms. The average molecular weight is 444 g/mol. The van der Waals surface area contributed by atoms with Gasteiger partial charge in [0.15, 0.2) is 0 Å². The summed E-state index contributed by atoms with van der Waals surface area (Å²) in [5.41, 5.74) is 3.21. The van der Waals surface area contributed by atoms with Crippen molar-refractivity contribution in [3.8, 4) is 0 Å². The molecule has 0 atom stereocenters. The molecule has 1 saturated heterocycles. The van der Waals surface area contributed by atoms with Crippen molar-refractivity contribution in [2.45, 2.75) is 39.2 Å². The summed E-state index contributed by atoms with van der Waals surface area (Å²) in [4.78, 5) is 26.2. The number of hydrogen-bond acceptors (Lipinski definition) is 4. The van der Waals surface area contributed by atoms with Gasteiger partial charge in [-0.3, -0.25) is 13.9 Å². The molecule has 3 rings (SSSR count). The highest BCUT2D eigenvalue weighted by Crippen LogP contribution is 2.23. The smallest absolute Gasteiger partial charge is 0.241 e. The summed E-state index contributed by atoms with van der Waals surface area (Å²) < 4.78 is 25.7. The summed E-state index contributed by atoms with van der Waals surface area (Å²) in [5, 5.41) is 2.78. The Morgan fingerprint density at radius 1 is 1.16 bits per heavy atom. The second-order valence-corrected chi connectivity index (χ2v) is 10.0. The first-order valence-corrected chi connectivity index (χ1v) is 12.2. The molecule has 2 aromatic carbocycles. The number of amides is 2.